The van der Waals surface area contributed by atoms with Crippen LogP contribution < -0.4 is 4.74 Å². The lowest BCUT2D eigenvalue weighted by molar-refractivity contribution is -0.126. The summed E-state index contributed by atoms with van der Waals surface area (Å²) in [5.74, 6) is 1.87. The van der Waals surface area contributed by atoms with E-state index in [-0.39, 0.29) is 0 Å². The predicted molar refractivity (Wildman–Crippen MR) is 54.4 cm³/mol. The van der Waals surface area contributed by atoms with Crippen LogP contribution in [-0.2, 0) is 11.2 Å². The smallest absolute Gasteiger partial charge is 0.133 e. The van der Waals surface area contributed by atoms with Gasteiger partial charge >= 0.3 is 0 Å². The molecule has 0 N–H and O–H groups in total. The number of benzene rings is 1. The van der Waals surface area contributed by atoms with Gasteiger partial charge in [0.15, 0.2) is 0 Å². The second-order valence-corrected chi connectivity index (χ2v) is 3.87. The highest BCUT2D eigenvalue weighted by molar-refractivity contribution is 5.84. The molecule has 2 nitrogen and oxygen atoms in total. The Bertz CT molecular complexity index is 319. The zero-order chi connectivity index (χ0) is 9.97. The lowest BCUT2D eigenvalue weighted by atomic mass is 9.80. The first-order valence-corrected chi connectivity index (χ1v) is 4.92. The summed E-state index contributed by atoms with van der Waals surface area (Å²) in [6.45, 7) is 0. The number of hydrogen-bond donors (Lipinski definition) is 0. The molecule has 14 heavy (non-hydrogen) atoms. The van der Waals surface area contributed by atoms with Crippen molar-refractivity contribution in [3.63, 3.8) is 0 Å². The quantitative estimate of drug-likeness (QED) is 0.730. The molecule has 0 unspecified atom stereocenters. The van der Waals surface area contributed by atoms with Crippen molar-refractivity contribution in [3.8, 4) is 5.75 Å². The summed E-state index contributed by atoms with van der Waals surface area (Å²) < 4.78 is 5.08. The Labute approximate surface area is 83.9 Å². The first kappa shape index (κ1) is 9.25. The van der Waals surface area contributed by atoms with E-state index in [2.05, 4.69) is 12.1 Å². The van der Waals surface area contributed by atoms with Crippen LogP contribution in [0.15, 0.2) is 24.3 Å². The minimum atomic E-state index is 0.406. The SMILES string of the molecule is COc1ccc(CC2CC(=O)C2)cc1. The first-order valence-electron chi connectivity index (χ1n) is 4.92. The van der Waals surface area contributed by atoms with Crippen LogP contribution in [0.3, 0.4) is 0 Å². The maximum atomic E-state index is 10.8. The molecule has 0 heterocycles. The third-order valence-electron chi connectivity index (χ3n) is 2.72. The van der Waals surface area contributed by atoms with Crippen molar-refractivity contribution < 1.29 is 9.53 Å². The van der Waals surface area contributed by atoms with Crippen LogP contribution in [0.4, 0.5) is 0 Å². The Hall–Kier alpha value is -1.31. The summed E-state index contributed by atoms with van der Waals surface area (Å²) in [7, 11) is 1.67. The summed E-state index contributed by atoms with van der Waals surface area (Å²) in [5.41, 5.74) is 1.29. The van der Waals surface area contributed by atoms with Crippen molar-refractivity contribution in [2.75, 3.05) is 7.11 Å². The Morgan fingerprint density at radius 1 is 1.29 bits per heavy atom. The lowest BCUT2D eigenvalue weighted by Gasteiger charge is -2.23. The normalized spacial score (nSPS) is 16.5. The third-order valence-corrected chi connectivity index (χ3v) is 2.72. The van der Waals surface area contributed by atoms with Gasteiger partial charge in [-0.2, -0.15) is 0 Å². The minimum Gasteiger partial charge on any atom is -0.497 e. The van der Waals surface area contributed by atoms with E-state index in [1.165, 1.54) is 5.56 Å². The van der Waals surface area contributed by atoms with Crippen molar-refractivity contribution in [1.82, 2.24) is 0 Å². The minimum absolute atomic E-state index is 0.406. The van der Waals surface area contributed by atoms with Crippen molar-refractivity contribution in [1.29, 1.82) is 0 Å². The second kappa shape index (κ2) is 3.82. The zero-order valence-corrected chi connectivity index (χ0v) is 8.32. The van der Waals surface area contributed by atoms with Crippen LogP contribution >= 0.6 is 0 Å². The van der Waals surface area contributed by atoms with E-state index in [1.54, 1.807) is 7.11 Å². The van der Waals surface area contributed by atoms with Gasteiger partial charge in [0, 0.05) is 12.8 Å². The topological polar surface area (TPSA) is 26.3 Å². The van der Waals surface area contributed by atoms with Gasteiger partial charge in [0.25, 0.3) is 0 Å². The number of hydrogen-bond acceptors (Lipinski definition) is 2. The molecule has 0 bridgehead atoms. The van der Waals surface area contributed by atoms with Crippen molar-refractivity contribution >= 4 is 5.78 Å². The molecule has 1 aromatic carbocycles. The van der Waals surface area contributed by atoms with Crippen LogP contribution in [0.1, 0.15) is 18.4 Å². The molecule has 0 spiro atoms. The van der Waals surface area contributed by atoms with E-state index < -0.39 is 0 Å². The molecule has 2 rings (SSSR count). The standard InChI is InChI=1S/C12H14O2/c1-14-12-4-2-9(3-5-12)6-10-7-11(13)8-10/h2-5,10H,6-8H2,1H3. The fourth-order valence-electron chi connectivity index (χ4n) is 1.82. The number of carbonyl (C=O) groups is 1. The molecule has 0 atom stereocenters. The van der Waals surface area contributed by atoms with Crippen LogP contribution in [0, 0.1) is 5.92 Å². The van der Waals surface area contributed by atoms with Gasteiger partial charge in [-0.1, -0.05) is 12.1 Å². The van der Waals surface area contributed by atoms with E-state index in [0.29, 0.717) is 11.7 Å². The monoisotopic (exact) mass is 190 g/mol. The van der Waals surface area contributed by atoms with Gasteiger partial charge in [-0.15, -0.1) is 0 Å². The Morgan fingerprint density at radius 2 is 1.93 bits per heavy atom. The maximum Gasteiger partial charge on any atom is 0.133 e. The molecule has 2 heteroatoms. The van der Waals surface area contributed by atoms with Gasteiger partial charge in [-0.25, -0.2) is 0 Å². The van der Waals surface area contributed by atoms with Crippen molar-refractivity contribution in [2.45, 2.75) is 19.3 Å². The fraction of sp³-hybridized carbons (Fsp3) is 0.417. The Balaban J connectivity index is 1.93. The molecule has 1 aromatic rings. The molecule has 0 aliphatic heterocycles. The summed E-state index contributed by atoms with van der Waals surface area (Å²) in [6.07, 6.45) is 2.56. The zero-order valence-electron chi connectivity index (χ0n) is 8.32. The number of methoxy groups -OCH3 is 1. The lowest BCUT2D eigenvalue weighted by Crippen LogP contribution is -2.24. The summed E-state index contributed by atoms with van der Waals surface area (Å²) in [5, 5.41) is 0. The van der Waals surface area contributed by atoms with Crippen LogP contribution in [0.25, 0.3) is 0 Å². The van der Waals surface area contributed by atoms with Crippen LogP contribution in [0.2, 0.25) is 0 Å². The molecule has 74 valence electrons. The van der Waals surface area contributed by atoms with Gasteiger partial charge in [-0.3, -0.25) is 4.79 Å². The van der Waals surface area contributed by atoms with Gasteiger partial charge in [-0.05, 0) is 30.0 Å². The Kier molecular flexibility index (Phi) is 2.53. The molecular weight excluding hydrogens is 176 g/mol. The molecule has 0 radical (unpaired) electrons. The molecule has 1 fully saturated rings. The average molecular weight is 190 g/mol. The third kappa shape index (κ3) is 1.95. The molecular formula is C12H14O2. The van der Waals surface area contributed by atoms with Crippen LogP contribution in [0.5, 0.6) is 5.75 Å². The Morgan fingerprint density at radius 3 is 2.43 bits per heavy atom. The van der Waals surface area contributed by atoms with Crippen molar-refractivity contribution in [2.24, 2.45) is 5.92 Å². The summed E-state index contributed by atoms with van der Waals surface area (Å²) in [6, 6.07) is 8.08. The molecule has 0 saturated heterocycles. The summed E-state index contributed by atoms with van der Waals surface area (Å²) in [4.78, 5) is 10.8. The van der Waals surface area contributed by atoms with E-state index in [4.69, 9.17) is 4.74 Å². The highest BCUT2D eigenvalue weighted by atomic mass is 16.5. The highest BCUT2D eigenvalue weighted by Gasteiger charge is 2.26. The molecule has 1 aliphatic carbocycles. The highest BCUT2D eigenvalue weighted by Crippen LogP contribution is 2.27. The molecule has 1 saturated carbocycles. The molecule has 0 amide bonds. The maximum absolute atomic E-state index is 10.8. The fourth-order valence-corrected chi connectivity index (χ4v) is 1.82. The van der Waals surface area contributed by atoms with Gasteiger partial charge < -0.3 is 4.74 Å². The van der Waals surface area contributed by atoms with Gasteiger partial charge in [0.05, 0.1) is 7.11 Å². The van der Waals surface area contributed by atoms with E-state index in [0.717, 1.165) is 25.0 Å². The number of carbonyl (C=O) groups excluding carboxylic acids is 1. The summed E-state index contributed by atoms with van der Waals surface area (Å²) >= 11 is 0. The van der Waals surface area contributed by atoms with E-state index >= 15 is 0 Å². The van der Waals surface area contributed by atoms with Crippen LogP contribution in [-0.4, -0.2) is 12.9 Å². The predicted octanol–water partition coefficient (Wildman–Crippen LogP) is 2.22. The van der Waals surface area contributed by atoms with E-state index in [1.807, 2.05) is 12.1 Å². The second-order valence-electron chi connectivity index (χ2n) is 3.87. The molecule has 1 aliphatic rings. The number of rotatable bonds is 3. The van der Waals surface area contributed by atoms with Gasteiger partial charge in [0.1, 0.15) is 11.5 Å². The number of Topliss-reactive ketones (excluding diaryl/α,β-unsaturated/α-hetero) is 1. The molecule has 0 aromatic heterocycles. The largest absolute Gasteiger partial charge is 0.497 e. The van der Waals surface area contributed by atoms with Crippen molar-refractivity contribution in [3.05, 3.63) is 29.8 Å². The van der Waals surface area contributed by atoms with E-state index in [9.17, 15) is 4.79 Å². The first-order chi connectivity index (χ1) is 6.78. The number of ether oxygens (including phenoxy) is 1. The average Bonchev–Trinajstić information content (AvgIpc) is 2.17. The van der Waals surface area contributed by atoms with Gasteiger partial charge in [0.2, 0.25) is 0 Å². The number of ketones is 1.